The van der Waals surface area contributed by atoms with E-state index in [9.17, 15) is 0 Å². The van der Waals surface area contributed by atoms with Crippen molar-refractivity contribution in [3.05, 3.63) is 40.7 Å². The Morgan fingerprint density at radius 3 is 2.43 bits per heavy atom. The fourth-order valence-corrected chi connectivity index (χ4v) is 1.86. The van der Waals surface area contributed by atoms with Crippen molar-refractivity contribution in [2.45, 2.75) is 5.88 Å². The van der Waals surface area contributed by atoms with Gasteiger partial charge in [-0.1, -0.05) is 24.3 Å². The van der Waals surface area contributed by atoms with Crippen molar-refractivity contribution < 1.29 is 0 Å². The molecule has 0 N–H and O–H groups in total. The molecule has 0 saturated heterocycles. The molecule has 0 atom stereocenters. The fraction of sp³-hybridized carbons (Fsp3) is 0.100. The lowest BCUT2D eigenvalue weighted by Crippen LogP contribution is -1.79. The Hall–Kier alpha value is -0.570. The van der Waals surface area contributed by atoms with Gasteiger partial charge in [-0.15, -0.1) is 35.3 Å². The van der Waals surface area contributed by atoms with Gasteiger partial charge < -0.3 is 0 Å². The monoisotopic (exact) mass is 245 g/mol. The number of halogens is 2. The first-order valence-corrected chi connectivity index (χ1v) is 5.41. The molecule has 0 fully saturated rings. The first-order chi connectivity index (χ1) is 6.40. The van der Waals surface area contributed by atoms with Crippen LogP contribution in [-0.2, 0) is 5.88 Å². The summed E-state index contributed by atoms with van der Waals surface area (Å²) in [5.41, 5.74) is 5.16. The normalized spacial score (nSPS) is 9.50. The molecule has 4 heteroatoms. The van der Waals surface area contributed by atoms with Gasteiger partial charge in [-0.3, -0.25) is 0 Å². The zero-order valence-electron chi connectivity index (χ0n) is 7.31. The highest BCUT2D eigenvalue weighted by Gasteiger charge is 1.98. The third kappa shape index (κ3) is 2.47. The minimum atomic E-state index is 0. The summed E-state index contributed by atoms with van der Waals surface area (Å²) in [4.78, 5) is 4.23. The highest BCUT2D eigenvalue weighted by Crippen LogP contribution is 2.19. The zero-order chi connectivity index (χ0) is 9.10. The number of alkyl halides is 1. The molecular weight excluding hydrogens is 237 g/mol. The van der Waals surface area contributed by atoms with Gasteiger partial charge in [0, 0.05) is 16.8 Å². The van der Waals surface area contributed by atoms with E-state index >= 15 is 0 Å². The van der Waals surface area contributed by atoms with E-state index in [1.165, 1.54) is 0 Å². The topological polar surface area (TPSA) is 12.9 Å². The summed E-state index contributed by atoms with van der Waals surface area (Å²) in [6.07, 6.45) is 0. The van der Waals surface area contributed by atoms with E-state index in [4.69, 9.17) is 11.6 Å². The minimum Gasteiger partial charge on any atom is -0.245 e. The van der Waals surface area contributed by atoms with E-state index in [2.05, 4.69) is 4.98 Å². The van der Waals surface area contributed by atoms with Crippen molar-refractivity contribution in [2.24, 2.45) is 0 Å². The zero-order valence-corrected chi connectivity index (χ0v) is 9.70. The summed E-state index contributed by atoms with van der Waals surface area (Å²) in [6.45, 7) is 0. The summed E-state index contributed by atoms with van der Waals surface area (Å²) in [5.74, 6) is 0.567. The molecule has 0 unspecified atom stereocenters. The quantitative estimate of drug-likeness (QED) is 0.730. The molecule has 1 nitrogen and oxygen atoms in total. The molecule has 2 rings (SSSR count). The number of benzene rings is 1. The van der Waals surface area contributed by atoms with Crippen molar-refractivity contribution in [3.63, 3.8) is 0 Å². The Labute approximate surface area is 98.2 Å². The van der Waals surface area contributed by atoms with Crippen LogP contribution in [0, 0.1) is 0 Å². The lowest BCUT2D eigenvalue weighted by molar-refractivity contribution is 1.37. The Morgan fingerprint density at radius 1 is 1.21 bits per heavy atom. The Morgan fingerprint density at radius 2 is 1.93 bits per heavy atom. The van der Waals surface area contributed by atoms with Crippen molar-refractivity contribution in [3.8, 4) is 11.3 Å². The van der Waals surface area contributed by atoms with Crippen LogP contribution in [0.5, 0.6) is 0 Å². The number of hydrogen-bond donors (Lipinski definition) is 0. The Balaban J connectivity index is 0.000000980. The van der Waals surface area contributed by atoms with E-state index in [-0.39, 0.29) is 12.4 Å². The highest BCUT2D eigenvalue weighted by molar-refractivity contribution is 7.07. The second kappa shape index (κ2) is 5.35. The van der Waals surface area contributed by atoms with Gasteiger partial charge in [0.25, 0.3) is 0 Å². The maximum atomic E-state index is 5.69. The van der Waals surface area contributed by atoms with Gasteiger partial charge in [0.15, 0.2) is 0 Å². The maximum absolute atomic E-state index is 5.69. The molecular formula is C10H9Cl2NS. The Bertz CT molecular complexity index is 370. The van der Waals surface area contributed by atoms with Gasteiger partial charge >= 0.3 is 0 Å². The molecule has 0 aliphatic heterocycles. The lowest BCUT2D eigenvalue weighted by Gasteiger charge is -1.97. The number of nitrogens with zero attached hydrogens (tertiary/aromatic N) is 1. The van der Waals surface area contributed by atoms with Crippen molar-refractivity contribution in [1.29, 1.82) is 0 Å². The summed E-state index contributed by atoms with van der Waals surface area (Å²) in [6, 6.07) is 8.16. The van der Waals surface area contributed by atoms with Crippen molar-refractivity contribution in [1.82, 2.24) is 4.98 Å². The summed E-state index contributed by atoms with van der Waals surface area (Å²) in [5, 5.41) is 2.04. The Kier molecular flexibility index (Phi) is 4.39. The number of rotatable bonds is 2. The molecule has 74 valence electrons. The molecule has 1 aromatic carbocycles. The first kappa shape index (κ1) is 11.5. The number of aromatic nitrogens is 1. The van der Waals surface area contributed by atoms with E-state index in [0.29, 0.717) is 5.88 Å². The lowest BCUT2D eigenvalue weighted by atomic mass is 10.1. The number of hydrogen-bond acceptors (Lipinski definition) is 2. The molecule has 0 radical (unpaired) electrons. The van der Waals surface area contributed by atoms with E-state index in [1.54, 1.807) is 11.3 Å². The smallest absolute Gasteiger partial charge is 0.0811 e. The van der Waals surface area contributed by atoms with Gasteiger partial charge in [-0.05, 0) is 5.56 Å². The maximum Gasteiger partial charge on any atom is 0.0811 e. The molecule has 1 aromatic heterocycles. The van der Waals surface area contributed by atoms with Gasteiger partial charge in [-0.25, -0.2) is 4.98 Å². The second-order valence-corrected chi connectivity index (χ2v) is 3.69. The predicted molar refractivity (Wildman–Crippen MR) is 64.4 cm³/mol. The molecule has 0 saturated carbocycles. The highest BCUT2D eigenvalue weighted by atomic mass is 35.5. The van der Waals surface area contributed by atoms with Crippen LogP contribution < -0.4 is 0 Å². The summed E-state index contributed by atoms with van der Waals surface area (Å²) in [7, 11) is 0. The summed E-state index contributed by atoms with van der Waals surface area (Å²) < 4.78 is 0. The molecule has 0 aliphatic rings. The van der Waals surface area contributed by atoms with Crippen molar-refractivity contribution in [2.75, 3.05) is 0 Å². The number of thiazole rings is 1. The van der Waals surface area contributed by atoms with Crippen LogP contribution in [0.2, 0.25) is 0 Å². The van der Waals surface area contributed by atoms with Gasteiger partial charge in [0.05, 0.1) is 11.2 Å². The fourth-order valence-electron chi connectivity index (χ4n) is 1.12. The van der Waals surface area contributed by atoms with Crippen LogP contribution in [0.3, 0.4) is 0 Å². The van der Waals surface area contributed by atoms with Crippen LogP contribution in [0.15, 0.2) is 35.2 Å². The van der Waals surface area contributed by atoms with Crippen LogP contribution in [-0.4, -0.2) is 4.98 Å². The first-order valence-electron chi connectivity index (χ1n) is 3.93. The van der Waals surface area contributed by atoms with Crippen LogP contribution >= 0.6 is 35.3 Å². The van der Waals surface area contributed by atoms with E-state index in [1.807, 2.05) is 35.2 Å². The molecule has 14 heavy (non-hydrogen) atoms. The largest absolute Gasteiger partial charge is 0.245 e. The molecule has 2 aromatic rings. The molecule has 0 bridgehead atoms. The summed E-state index contributed by atoms with van der Waals surface area (Å²) >= 11 is 7.30. The average molecular weight is 246 g/mol. The third-order valence-electron chi connectivity index (χ3n) is 1.84. The molecule has 1 heterocycles. The van der Waals surface area contributed by atoms with Crippen LogP contribution in [0.1, 0.15) is 5.56 Å². The third-order valence-corrected chi connectivity index (χ3v) is 2.73. The average Bonchev–Trinajstić information content (AvgIpc) is 2.71. The van der Waals surface area contributed by atoms with E-state index < -0.39 is 0 Å². The van der Waals surface area contributed by atoms with E-state index in [0.717, 1.165) is 16.8 Å². The van der Waals surface area contributed by atoms with Crippen LogP contribution in [0.4, 0.5) is 0 Å². The standard InChI is InChI=1S/C10H8ClNS.ClH/c11-5-8-1-3-9(4-2-8)10-6-13-7-12-10;/h1-4,6-7H,5H2;1H. The molecule has 0 amide bonds. The van der Waals surface area contributed by atoms with Crippen molar-refractivity contribution >= 4 is 35.3 Å². The predicted octanol–water partition coefficient (Wildman–Crippen LogP) is 3.97. The van der Waals surface area contributed by atoms with Crippen LogP contribution in [0.25, 0.3) is 11.3 Å². The molecule has 0 spiro atoms. The SMILES string of the molecule is Cl.ClCc1ccc(-c2cscn2)cc1. The second-order valence-electron chi connectivity index (χ2n) is 2.70. The molecule has 0 aliphatic carbocycles. The minimum absolute atomic E-state index is 0. The van der Waals surface area contributed by atoms with Gasteiger partial charge in [0.2, 0.25) is 0 Å². The van der Waals surface area contributed by atoms with Gasteiger partial charge in [0.1, 0.15) is 0 Å². The van der Waals surface area contributed by atoms with Gasteiger partial charge in [-0.2, -0.15) is 0 Å².